The molecule has 7 nitrogen and oxygen atoms in total. The summed E-state index contributed by atoms with van der Waals surface area (Å²) in [7, 11) is 4.13. The molecule has 2 N–H and O–H groups in total. The van der Waals surface area contributed by atoms with Gasteiger partial charge in [-0.2, -0.15) is 0 Å². The number of hydrogen-bond donors (Lipinski definition) is 2. The van der Waals surface area contributed by atoms with Crippen molar-refractivity contribution in [1.82, 2.24) is 10.2 Å². The van der Waals surface area contributed by atoms with Crippen molar-refractivity contribution in [2.75, 3.05) is 33.9 Å². The fourth-order valence-electron chi connectivity index (χ4n) is 2.86. The van der Waals surface area contributed by atoms with Crippen molar-refractivity contribution in [3.63, 3.8) is 0 Å². The first-order chi connectivity index (χ1) is 14.3. The smallest absolute Gasteiger partial charge is 0.335 e. The number of hydrogen-bond acceptors (Lipinski definition) is 5. The van der Waals surface area contributed by atoms with E-state index in [1.165, 1.54) is 24.6 Å². The topological polar surface area (TPSA) is 88.1 Å². The van der Waals surface area contributed by atoms with Crippen LogP contribution in [0.4, 0.5) is 0 Å². The van der Waals surface area contributed by atoms with Crippen LogP contribution in [-0.2, 0) is 11.2 Å². The SMILES string of the molecule is CC(=O)NC(COc1ccc(CCCN(C)C)cc1)COc1ccc(C(=O)O)cc1. The standard InChI is InChI=1S/C23H30N2O5/c1-17(26)24-20(16-30-22-12-8-19(9-13-22)23(27)28)15-29-21-10-6-18(7-11-21)5-4-14-25(2)3/h6-13,20H,4-5,14-16H2,1-3H3,(H,24,26)(H,27,28). The van der Waals surface area contributed by atoms with Crippen molar-refractivity contribution < 1.29 is 24.2 Å². The van der Waals surface area contributed by atoms with E-state index in [1.54, 1.807) is 12.1 Å². The summed E-state index contributed by atoms with van der Waals surface area (Å²) in [6, 6.07) is 13.7. The molecule has 7 heteroatoms. The van der Waals surface area contributed by atoms with Crippen molar-refractivity contribution in [2.45, 2.75) is 25.8 Å². The van der Waals surface area contributed by atoms with E-state index in [0.717, 1.165) is 25.1 Å². The number of nitrogens with zero attached hydrogens (tertiary/aromatic N) is 1. The number of amides is 1. The van der Waals surface area contributed by atoms with Crippen LogP contribution in [0.1, 0.15) is 29.3 Å². The van der Waals surface area contributed by atoms with Gasteiger partial charge in [0.2, 0.25) is 5.91 Å². The molecule has 1 amide bonds. The van der Waals surface area contributed by atoms with E-state index < -0.39 is 5.97 Å². The fourth-order valence-corrected chi connectivity index (χ4v) is 2.86. The van der Waals surface area contributed by atoms with Crippen molar-refractivity contribution in [1.29, 1.82) is 0 Å². The van der Waals surface area contributed by atoms with Crippen LogP contribution < -0.4 is 14.8 Å². The predicted octanol–water partition coefficient (Wildman–Crippen LogP) is 2.84. The Bertz CT molecular complexity index is 803. The minimum absolute atomic E-state index is 0.176. The van der Waals surface area contributed by atoms with Gasteiger partial charge in [0.15, 0.2) is 0 Å². The van der Waals surface area contributed by atoms with Crippen molar-refractivity contribution >= 4 is 11.9 Å². The maximum Gasteiger partial charge on any atom is 0.335 e. The molecule has 0 aliphatic carbocycles. The second-order valence-corrected chi connectivity index (χ2v) is 7.40. The molecule has 0 aromatic heterocycles. The normalized spacial score (nSPS) is 11.7. The maximum atomic E-state index is 11.5. The van der Waals surface area contributed by atoms with Crippen LogP contribution in [0.15, 0.2) is 48.5 Å². The second-order valence-electron chi connectivity index (χ2n) is 7.40. The number of rotatable bonds is 12. The molecule has 2 aromatic rings. The largest absolute Gasteiger partial charge is 0.491 e. The molecule has 0 saturated heterocycles. The Labute approximate surface area is 177 Å². The lowest BCUT2D eigenvalue weighted by molar-refractivity contribution is -0.120. The molecule has 162 valence electrons. The van der Waals surface area contributed by atoms with Crippen LogP contribution in [0.5, 0.6) is 11.5 Å². The summed E-state index contributed by atoms with van der Waals surface area (Å²) >= 11 is 0. The molecule has 0 bridgehead atoms. The van der Waals surface area contributed by atoms with Gasteiger partial charge in [-0.15, -0.1) is 0 Å². The van der Waals surface area contributed by atoms with Gasteiger partial charge < -0.3 is 24.8 Å². The molecule has 1 atom stereocenters. The molecular formula is C23H30N2O5. The molecular weight excluding hydrogens is 384 g/mol. The molecule has 0 saturated carbocycles. The van der Waals surface area contributed by atoms with E-state index in [0.29, 0.717) is 5.75 Å². The molecule has 2 aromatic carbocycles. The van der Waals surface area contributed by atoms with Gasteiger partial charge in [-0.05, 0) is 75.4 Å². The maximum absolute atomic E-state index is 11.5. The lowest BCUT2D eigenvalue weighted by Crippen LogP contribution is -2.42. The van der Waals surface area contributed by atoms with Gasteiger partial charge in [0.05, 0.1) is 11.6 Å². The van der Waals surface area contributed by atoms with E-state index in [2.05, 4.69) is 36.4 Å². The lowest BCUT2D eigenvalue weighted by Gasteiger charge is -2.19. The van der Waals surface area contributed by atoms with Gasteiger partial charge in [0.1, 0.15) is 24.7 Å². The summed E-state index contributed by atoms with van der Waals surface area (Å²) in [5, 5.41) is 11.8. The number of carbonyl (C=O) groups excluding carboxylic acids is 1. The molecule has 0 spiro atoms. The Kier molecular flexibility index (Phi) is 9.15. The highest BCUT2D eigenvalue weighted by molar-refractivity contribution is 5.87. The van der Waals surface area contributed by atoms with Gasteiger partial charge in [-0.25, -0.2) is 4.79 Å². The summed E-state index contributed by atoms with van der Waals surface area (Å²) in [6.45, 7) is 2.95. The quantitative estimate of drug-likeness (QED) is 0.555. The Morgan fingerprint density at radius 2 is 1.50 bits per heavy atom. The third-order valence-electron chi connectivity index (χ3n) is 4.41. The Balaban J connectivity index is 1.85. The van der Waals surface area contributed by atoms with Gasteiger partial charge in [-0.1, -0.05) is 12.1 Å². The number of benzene rings is 2. The van der Waals surface area contributed by atoms with Crippen molar-refractivity contribution in [3.8, 4) is 11.5 Å². The van der Waals surface area contributed by atoms with Gasteiger partial charge in [0, 0.05) is 6.92 Å². The first-order valence-corrected chi connectivity index (χ1v) is 9.93. The average molecular weight is 415 g/mol. The number of nitrogens with one attached hydrogen (secondary N) is 1. The Hall–Kier alpha value is -3.06. The molecule has 0 aliphatic rings. The first kappa shape index (κ1) is 23.2. The number of aryl methyl sites for hydroxylation is 1. The van der Waals surface area contributed by atoms with Crippen LogP contribution in [0.3, 0.4) is 0 Å². The number of aromatic carboxylic acids is 1. The van der Waals surface area contributed by atoms with E-state index in [9.17, 15) is 9.59 Å². The molecule has 30 heavy (non-hydrogen) atoms. The summed E-state index contributed by atoms with van der Waals surface area (Å²) in [5.74, 6) is 0.0874. The highest BCUT2D eigenvalue weighted by Crippen LogP contribution is 2.15. The minimum Gasteiger partial charge on any atom is -0.491 e. The van der Waals surface area contributed by atoms with E-state index in [4.69, 9.17) is 14.6 Å². The highest BCUT2D eigenvalue weighted by Gasteiger charge is 2.13. The third kappa shape index (κ3) is 8.53. The minimum atomic E-state index is -0.991. The molecule has 0 fully saturated rings. The molecule has 0 aliphatic heterocycles. The molecule has 1 unspecified atom stereocenters. The fraction of sp³-hybridized carbons (Fsp3) is 0.391. The van der Waals surface area contributed by atoms with Gasteiger partial charge in [-0.3, -0.25) is 4.79 Å². The lowest BCUT2D eigenvalue weighted by atomic mass is 10.1. The van der Waals surface area contributed by atoms with E-state index in [-0.39, 0.29) is 30.7 Å². The number of carboxylic acid groups (broad SMARTS) is 1. The summed E-state index contributed by atoms with van der Waals surface area (Å²) < 4.78 is 11.5. The van der Waals surface area contributed by atoms with Crippen LogP contribution in [-0.4, -0.2) is 61.8 Å². The number of carbonyl (C=O) groups is 2. The average Bonchev–Trinajstić information content (AvgIpc) is 2.70. The summed E-state index contributed by atoms with van der Waals surface area (Å²) in [6.07, 6.45) is 2.12. The monoisotopic (exact) mass is 414 g/mol. The number of ether oxygens (including phenoxy) is 2. The zero-order chi connectivity index (χ0) is 21.9. The van der Waals surface area contributed by atoms with Crippen LogP contribution >= 0.6 is 0 Å². The zero-order valence-corrected chi connectivity index (χ0v) is 17.8. The van der Waals surface area contributed by atoms with Crippen molar-refractivity contribution in [2.24, 2.45) is 0 Å². The van der Waals surface area contributed by atoms with Crippen LogP contribution in [0.2, 0.25) is 0 Å². The predicted molar refractivity (Wildman–Crippen MR) is 115 cm³/mol. The Morgan fingerprint density at radius 3 is 1.97 bits per heavy atom. The summed E-state index contributed by atoms with van der Waals surface area (Å²) in [4.78, 5) is 24.6. The summed E-state index contributed by atoms with van der Waals surface area (Å²) in [5.41, 5.74) is 1.45. The zero-order valence-electron chi connectivity index (χ0n) is 17.8. The van der Waals surface area contributed by atoms with Crippen LogP contribution in [0.25, 0.3) is 0 Å². The van der Waals surface area contributed by atoms with Gasteiger partial charge >= 0.3 is 5.97 Å². The van der Waals surface area contributed by atoms with Gasteiger partial charge in [0.25, 0.3) is 0 Å². The number of carboxylic acids is 1. The Morgan fingerprint density at radius 1 is 0.967 bits per heavy atom. The molecule has 0 radical (unpaired) electrons. The third-order valence-corrected chi connectivity index (χ3v) is 4.41. The molecule has 2 rings (SSSR count). The highest BCUT2D eigenvalue weighted by atomic mass is 16.5. The van der Waals surface area contributed by atoms with E-state index >= 15 is 0 Å². The van der Waals surface area contributed by atoms with Crippen molar-refractivity contribution in [3.05, 3.63) is 59.7 Å². The van der Waals surface area contributed by atoms with Crippen LogP contribution in [0, 0.1) is 0 Å². The van der Waals surface area contributed by atoms with E-state index in [1.807, 2.05) is 12.1 Å². The first-order valence-electron chi connectivity index (χ1n) is 9.93. The second kappa shape index (κ2) is 11.8. The molecule has 0 heterocycles.